The number of nitrogens with zero attached hydrogens (tertiary/aromatic N) is 1. The van der Waals surface area contributed by atoms with Crippen molar-refractivity contribution in [2.75, 3.05) is 0 Å². The minimum absolute atomic E-state index is 0.151. The van der Waals surface area contributed by atoms with Crippen LogP contribution >= 0.6 is 11.6 Å². The third kappa shape index (κ3) is 2.55. The fourth-order valence-corrected chi connectivity index (χ4v) is 2.29. The zero-order valence-electron chi connectivity index (χ0n) is 10.7. The van der Waals surface area contributed by atoms with Crippen molar-refractivity contribution in [3.8, 4) is 0 Å². The van der Waals surface area contributed by atoms with Crippen LogP contribution in [0.1, 0.15) is 16.3 Å². The maximum atomic E-state index is 12.4. The van der Waals surface area contributed by atoms with E-state index in [1.807, 2.05) is 0 Å². The number of pyridine rings is 1. The lowest BCUT2D eigenvalue weighted by molar-refractivity contribution is 0.0660. The Bertz CT molecular complexity index is 894. The normalized spacial score (nSPS) is 10.9. The van der Waals surface area contributed by atoms with E-state index in [4.69, 9.17) is 21.1 Å². The lowest BCUT2D eigenvalue weighted by Gasteiger charge is -2.05. The summed E-state index contributed by atoms with van der Waals surface area (Å²) in [5.74, 6) is -0.892. The first-order valence-corrected chi connectivity index (χ1v) is 6.53. The number of benzene rings is 1. The van der Waals surface area contributed by atoms with Crippen molar-refractivity contribution in [1.82, 2.24) is 4.57 Å². The van der Waals surface area contributed by atoms with Gasteiger partial charge in [-0.25, -0.2) is 4.79 Å². The highest BCUT2D eigenvalue weighted by atomic mass is 35.5. The van der Waals surface area contributed by atoms with Crippen LogP contribution in [0.25, 0.3) is 10.8 Å². The van der Waals surface area contributed by atoms with Crippen LogP contribution in [0.2, 0.25) is 5.02 Å². The largest absolute Gasteiger partial charge is 0.475 e. The zero-order chi connectivity index (χ0) is 15.0. The molecule has 0 fully saturated rings. The van der Waals surface area contributed by atoms with Gasteiger partial charge in [0.25, 0.3) is 5.56 Å². The first-order chi connectivity index (χ1) is 10.0. The van der Waals surface area contributed by atoms with Gasteiger partial charge >= 0.3 is 5.97 Å². The van der Waals surface area contributed by atoms with Crippen molar-refractivity contribution in [1.29, 1.82) is 0 Å². The third-order valence-electron chi connectivity index (χ3n) is 3.14. The van der Waals surface area contributed by atoms with Gasteiger partial charge in [-0.1, -0.05) is 17.7 Å². The Morgan fingerprint density at radius 1 is 1.24 bits per heavy atom. The van der Waals surface area contributed by atoms with Crippen molar-refractivity contribution in [3.05, 3.63) is 69.5 Å². The van der Waals surface area contributed by atoms with Gasteiger partial charge in [-0.05, 0) is 35.7 Å². The summed E-state index contributed by atoms with van der Waals surface area (Å²) in [6.07, 6.45) is 1.64. The van der Waals surface area contributed by atoms with E-state index >= 15 is 0 Å². The van der Waals surface area contributed by atoms with Crippen LogP contribution < -0.4 is 5.56 Å². The maximum Gasteiger partial charge on any atom is 0.371 e. The predicted octanol–water partition coefficient (Wildman–Crippen LogP) is 2.99. The Hall–Kier alpha value is -2.53. The van der Waals surface area contributed by atoms with Gasteiger partial charge in [0.2, 0.25) is 5.76 Å². The Morgan fingerprint density at radius 2 is 2.05 bits per heavy atom. The van der Waals surface area contributed by atoms with Gasteiger partial charge in [0.05, 0.1) is 6.54 Å². The molecule has 0 bridgehead atoms. The van der Waals surface area contributed by atoms with E-state index in [-0.39, 0.29) is 17.9 Å². The number of halogens is 1. The summed E-state index contributed by atoms with van der Waals surface area (Å²) in [4.78, 5) is 23.1. The van der Waals surface area contributed by atoms with Crippen LogP contribution in [0, 0.1) is 0 Å². The summed E-state index contributed by atoms with van der Waals surface area (Å²) >= 11 is 5.91. The van der Waals surface area contributed by atoms with E-state index < -0.39 is 5.97 Å². The van der Waals surface area contributed by atoms with Gasteiger partial charge in [0, 0.05) is 16.6 Å². The van der Waals surface area contributed by atoms with E-state index in [9.17, 15) is 9.59 Å². The second kappa shape index (κ2) is 5.10. The molecule has 0 saturated heterocycles. The predicted molar refractivity (Wildman–Crippen MR) is 78.0 cm³/mol. The summed E-state index contributed by atoms with van der Waals surface area (Å²) in [6.45, 7) is 0.161. The SMILES string of the molecule is O=C(O)c1ccc(Cn2ccc3ccc(Cl)cc3c2=O)o1. The van der Waals surface area contributed by atoms with Crippen LogP contribution in [0.15, 0.2) is 51.8 Å². The van der Waals surface area contributed by atoms with E-state index in [0.717, 1.165) is 5.39 Å². The molecule has 2 heterocycles. The molecule has 0 spiro atoms. The number of fused-ring (bicyclic) bond motifs is 1. The second-order valence-electron chi connectivity index (χ2n) is 4.55. The highest BCUT2D eigenvalue weighted by Gasteiger charge is 2.10. The van der Waals surface area contributed by atoms with Gasteiger partial charge < -0.3 is 14.1 Å². The van der Waals surface area contributed by atoms with Crippen molar-refractivity contribution >= 4 is 28.3 Å². The Morgan fingerprint density at radius 3 is 2.76 bits per heavy atom. The molecule has 0 atom stereocenters. The fourth-order valence-electron chi connectivity index (χ4n) is 2.12. The average molecular weight is 304 g/mol. The molecule has 0 radical (unpaired) electrons. The number of carboxylic acids is 1. The fraction of sp³-hybridized carbons (Fsp3) is 0.0667. The topological polar surface area (TPSA) is 72.4 Å². The molecule has 0 saturated carbocycles. The Balaban J connectivity index is 2.02. The summed E-state index contributed by atoms with van der Waals surface area (Å²) in [6, 6.07) is 9.81. The van der Waals surface area contributed by atoms with Crippen LogP contribution in [-0.4, -0.2) is 15.6 Å². The summed E-state index contributed by atoms with van der Waals surface area (Å²) < 4.78 is 6.60. The van der Waals surface area contributed by atoms with Gasteiger partial charge in [-0.2, -0.15) is 0 Å². The van der Waals surface area contributed by atoms with Gasteiger partial charge in [-0.3, -0.25) is 4.79 Å². The van der Waals surface area contributed by atoms with Gasteiger partial charge in [0.15, 0.2) is 0 Å². The molecule has 3 rings (SSSR count). The smallest absolute Gasteiger partial charge is 0.371 e. The molecule has 6 heteroatoms. The molecule has 1 aromatic carbocycles. The standard InChI is InChI=1S/C15H10ClNO4/c16-10-2-1-9-5-6-17(14(18)12(9)7-10)8-11-3-4-13(21-11)15(19)20/h1-7H,8H2,(H,19,20). The van der Waals surface area contributed by atoms with Crippen LogP contribution in [-0.2, 0) is 6.54 Å². The molecule has 5 nitrogen and oxygen atoms in total. The molecule has 1 N–H and O–H groups in total. The lowest BCUT2D eigenvalue weighted by atomic mass is 10.2. The number of aromatic carboxylic acids is 1. The monoisotopic (exact) mass is 303 g/mol. The number of rotatable bonds is 3. The minimum atomic E-state index is -1.14. The summed E-state index contributed by atoms with van der Waals surface area (Å²) in [5, 5.41) is 10.6. The molecule has 0 aliphatic carbocycles. The zero-order valence-corrected chi connectivity index (χ0v) is 11.5. The van der Waals surface area contributed by atoms with E-state index in [2.05, 4.69) is 0 Å². The number of furan rings is 1. The molecule has 3 aromatic rings. The number of hydrogen-bond acceptors (Lipinski definition) is 3. The first kappa shape index (κ1) is 13.5. The van der Waals surface area contributed by atoms with Gasteiger partial charge in [-0.15, -0.1) is 0 Å². The molecular weight excluding hydrogens is 294 g/mol. The highest BCUT2D eigenvalue weighted by molar-refractivity contribution is 6.31. The number of carboxylic acid groups (broad SMARTS) is 1. The second-order valence-corrected chi connectivity index (χ2v) is 4.99. The van der Waals surface area contributed by atoms with E-state index in [1.54, 1.807) is 30.5 Å². The number of hydrogen-bond donors (Lipinski definition) is 1. The molecule has 0 aliphatic heterocycles. The summed E-state index contributed by atoms with van der Waals surface area (Å²) in [5.41, 5.74) is -0.205. The van der Waals surface area contributed by atoms with Crippen molar-refractivity contribution in [2.24, 2.45) is 0 Å². The first-order valence-electron chi connectivity index (χ1n) is 6.15. The molecular formula is C15H10ClNO4. The molecule has 0 unspecified atom stereocenters. The molecule has 2 aromatic heterocycles. The third-order valence-corrected chi connectivity index (χ3v) is 3.37. The van der Waals surface area contributed by atoms with E-state index in [0.29, 0.717) is 16.2 Å². The lowest BCUT2D eigenvalue weighted by Crippen LogP contribution is -2.19. The minimum Gasteiger partial charge on any atom is -0.475 e. The average Bonchev–Trinajstić information content (AvgIpc) is 2.91. The van der Waals surface area contributed by atoms with Gasteiger partial charge in [0.1, 0.15) is 5.76 Å². The van der Waals surface area contributed by atoms with Crippen LogP contribution in [0.4, 0.5) is 0 Å². The molecule has 0 amide bonds. The van der Waals surface area contributed by atoms with Crippen LogP contribution in [0.5, 0.6) is 0 Å². The molecule has 21 heavy (non-hydrogen) atoms. The summed E-state index contributed by atoms with van der Waals surface area (Å²) in [7, 11) is 0. The highest BCUT2D eigenvalue weighted by Crippen LogP contribution is 2.16. The Kier molecular flexibility index (Phi) is 3.27. The Labute approximate surface area is 124 Å². The van der Waals surface area contributed by atoms with Crippen LogP contribution in [0.3, 0.4) is 0 Å². The van der Waals surface area contributed by atoms with Crippen molar-refractivity contribution in [3.63, 3.8) is 0 Å². The van der Waals surface area contributed by atoms with Crippen molar-refractivity contribution < 1.29 is 14.3 Å². The molecule has 106 valence electrons. The quantitative estimate of drug-likeness (QED) is 0.807. The maximum absolute atomic E-state index is 12.4. The number of aromatic nitrogens is 1. The molecule has 0 aliphatic rings. The van der Waals surface area contributed by atoms with E-state index in [1.165, 1.54) is 16.7 Å². The van der Waals surface area contributed by atoms with Crippen molar-refractivity contribution in [2.45, 2.75) is 6.54 Å². The number of carbonyl (C=O) groups is 1.